The third-order valence-electron chi connectivity index (χ3n) is 4.76. The van der Waals surface area contributed by atoms with Crippen molar-refractivity contribution in [3.63, 3.8) is 0 Å². The highest BCUT2D eigenvalue weighted by molar-refractivity contribution is 6.31. The van der Waals surface area contributed by atoms with Crippen molar-refractivity contribution in [2.24, 2.45) is 0 Å². The lowest BCUT2D eigenvalue weighted by Crippen LogP contribution is -2.41. The largest absolute Gasteiger partial charge is 0.475 e. The van der Waals surface area contributed by atoms with Gasteiger partial charge in [0.1, 0.15) is 12.4 Å². The molecule has 0 radical (unpaired) electrons. The number of hydrogen-bond donors (Lipinski definition) is 0. The molecule has 0 bridgehead atoms. The summed E-state index contributed by atoms with van der Waals surface area (Å²) >= 11 is 6.28. The Morgan fingerprint density at radius 3 is 2.46 bits per heavy atom. The second kappa shape index (κ2) is 11.1. The Morgan fingerprint density at radius 2 is 1.89 bits per heavy atom. The van der Waals surface area contributed by atoms with E-state index in [-0.39, 0.29) is 36.0 Å². The summed E-state index contributed by atoms with van der Waals surface area (Å²) in [6.45, 7) is 3.95. The van der Waals surface area contributed by atoms with Gasteiger partial charge in [-0.15, -0.1) is 10.1 Å². The summed E-state index contributed by atoms with van der Waals surface area (Å²) < 4.78 is 55.5. The maximum atomic E-state index is 13.7. The summed E-state index contributed by atoms with van der Waals surface area (Å²) in [4.78, 5) is 39.7. The number of halogens is 4. The van der Waals surface area contributed by atoms with Crippen molar-refractivity contribution in [3.8, 4) is 5.75 Å². The minimum Gasteiger partial charge on any atom is -0.475 e. The number of carbonyl (C=O) groups is 2. The Hall–Kier alpha value is -3.06. The van der Waals surface area contributed by atoms with E-state index in [1.165, 1.54) is 24.1 Å². The van der Waals surface area contributed by atoms with Crippen LogP contribution in [0.2, 0.25) is 5.02 Å². The number of carbonyl (C=O) groups excluding carboxylic acids is 2. The van der Waals surface area contributed by atoms with Gasteiger partial charge in [-0.25, -0.2) is 4.79 Å². The van der Waals surface area contributed by atoms with E-state index in [0.29, 0.717) is 5.56 Å². The standard InChI is InChI=1S/C21H24ClF3N2O8/c1-20(2,3)14-9-16-12(8-15(14)22)7-13(18(35-16)21(23,24)25)19(29)33-11-32-17(28)10-26(4)5-6-34-27(30)31/h7-9,18H,5-6,10-11H2,1-4H3/t18-/m0/s1. The molecule has 0 aliphatic carbocycles. The predicted molar refractivity (Wildman–Crippen MR) is 116 cm³/mol. The Labute approximate surface area is 203 Å². The molecule has 2 rings (SSSR count). The molecule has 35 heavy (non-hydrogen) atoms. The van der Waals surface area contributed by atoms with Crippen molar-refractivity contribution in [3.05, 3.63) is 44.0 Å². The van der Waals surface area contributed by atoms with E-state index in [4.69, 9.17) is 25.8 Å². The van der Waals surface area contributed by atoms with Crippen LogP contribution in [0.3, 0.4) is 0 Å². The maximum absolute atomic E-state index is 13.7. The Balaban J connectivity index is 2.08. The van der Waals surface area contributed by atoms with Crippen LogP contribution in [-0.4, -0.2) is 67.7 Å². The average Bonchev–Trinajstić information content (AvgIpc) is 2.70. The van der Waals surface area contributed by atoms with Gasteiger partial charge in [-0.2, -0.15) is 13.2 Å². The molecule has 0 N–H and O–H groups in total. The van der Waals surface area contributed by atoms with Crippen molar-refractivity contribution in [2.75, 3.05) is 33.5 Å². The molecular weight excluding hydrogens is 501 g/mol. The van der Waals surface area contributed by atoms with Gasteiger partial charge in [0.05, 0.1) is 12.1 Å². The summed E-state index contributed by atoms with van der Waals surface area (Å²) in [5.41, 5.74) is -0.579. The number of esters is 2. The van der Waals surface area contributed by atoms with Gasteiger partial charge in [-0.05, 0) is 36.2 Å². The van der Waals surface area contributed by atoms with E-state index in [0.717, 1.165) is 6.08 Å². The maximum Gasteiger partial charge on any atom is 0.430 e. The molecule has 0 aromatic heterocycles. The highest BCUT2D eigenvalue weighted by atomic mass is 35.5. The summed E-state index contributed by atoms with van der Waals surface area (Å²) in [5, 5.41) is 9.40. The lowest BCUT2D eigenvalue weighted by atomic mass is 9.85. The van der Waals surface area contributed by atoms with Crippen molar-refractivity contribution < 1.29 is 46.9 Å². The molecule has 0 amide bonds. The van der Waals surface area contributed by atoms with Gasteiger partial charge in [0.2, 0.25) is 12.9 Å². The van der Waals surface area contributed by atoms with Gasteiger partial charge in [-0.3, -0.25) is 9.69 Å². The van der Waals surface area contributed by atoms with Crippen molar-refractivity contribution in [1.29, 1.82) is 0 Å². The molecule has 1 aliphatic heterocycles. The molecular formula is C21H24ClF3N2O8. The van der Waals surface area contributed by atoms with E-state index >= 15 is 0 Å². The lowest BCUT2D eigenvalue weighted by Gasteiger charge is -2.30. The molecule has 1 atom stereocenters. The lowest BCUT2D eigenvalue weighted by molar-refractivity contribution is -0.757. The van der Waals surface area contributed by atoms with Crippen LogP contribution in [0.25, 0.3) is 6.08 Å². The quantitative estimate of drug-likeness (QED) is 0.207. The topological polar surface area (TPSA) is 117 Å². The zero-order valence-corrected chi connectivity index (χ0v) is 20.1. The van der Waals surface area contributed by atoms with Crippen molar-refractivity contribution in [2.45, 2.75) is 38.5 Å². The van der Waals surface area contributed by atoms with Gasteiger partial charge in [0, 0.05) is 17.1 Å². The van der Waals surface area contributed by atoms with E-state index in [9.17, 15) is 32.9 Å². The average molecular weight is 525 g/mol. The molecule has 1 aliphatic rings. The normalized spacial score (nSPS) is 15.6. The zero-order valence-electron chi connectivity index (χ0n) is 19.3. The number of fused-ring (bicyclic) bond motifs is 1. The van der Waals surface area contributed by atoms with E-state index in [2.05, 4.69) is 4.84 Å². The Bertz CT molecular complexity index is 1010. The van der Waals surface area contributed by atoms with Crippen LogP contribution < -0.4 is 4.74 Å². The van der Waals surface area contributed by atoms with Crippen LogP contribution in [0.15, 0.2) is 17.7 Å². The summed E-state index contributed by atoms with van der Waals surface area (Å²) in [6.07, 6.45) is -6.56. The highest BCUT2D eigenvalue weighted by Crippen LogP contribution is 2.42. The SMILES string of the molecule is CN(CCO[N+](=O)[O-])CC(=O)OCOC(=O)C1=Cc2cc(Cl)c(C(C)(C)C)cc2O[C@@H]1C(F)(F)F. The Morgan fingerprint density at radius 1 is 1.23 bits per heavy atom. The van der Waals surface area contributed by atoms with Crippen LogP contribution >= 0.6 is 11.6 Å². The first-order valence-corrected chi connectivity index (χ1v) is 10.5. The van der Waals surface area contributed by atoms with Crippen LogP contribution in [-0.2, 0) is 29.3 Å². The van der Waals surface area contributed by atoms with E-state index in [1.54, 1.807) is 0 Å². The third-order valence-corrected chi connectivity index (χ3v) is 5.07. The van der Waals surface area contributed by atoms with E-state index in [1.807, 2.05) is 20.8 Å². The van der Waals surface area contributed by atoms with E-state index < -0.39 is 47.1 Å². The molecule has 194 valence electrons. The predicted octanol–water partition coefficient (Wildman–Crippen LogP) is 3.53. The molecule has 0 unspecified atom stereocenters. The molecule has 1 heterocycles. The number of ether oxygens (including phenoxy) is 3. The highest BCUT2D eigenvalue weighted by Gasteiger charge is 2.49. The van der Waals surface area contributed by atoms with Gasteiger partial charge >= 0.3 is 18.1 Å². The number of likely N-dealkylation sites (N-methyl/N-ethyl adjacent to an activating group) is 1. The fraction of sp³-hybridized carbons (Fsp3) is 0.524. The van der Waals surface area contributed by atoms with Crippen molar-refractivity contribution in [1.82, 2.24) is 4.90 Å². The van der Waals surface area contributed by atoms with Crippen LogP contribution in [0, 0.1) is 10.1 Å². The summed E-state index contributed by atoms with van der Waals surface area (Å²) in [7, 11) is 1.45. The molecule has 1 aromatic carbocycles. The monoisotopic (exact) mass is 524 g/mol. The van der Waals surface area contributed by atoms with Gasteiger partial charge < -0.3 is 19.0 Å². The minimum absolute atomic E-state index is 0.0201. The second-order valence-corrected chi connectivity index (χ2v) is 9.03. The number of hydrogen-bond acceptors (Lipinski definition) is 9. The molecule has 10 nitrogen and oxygen atoms in total. The first kappa shape index (κ1) is 28.2. The first-order valence-electron chi connectivity index (χ1n) is 10.2. The number of rotatable bonds is 9. The zero-order chi connectivity index (χ0) is 26.6. The van der Waals surface area contributed by atoms with Crippen LogP contribution in [0.1, 0.15) is 31.9 Å². The number of benzene rings is 1. The number of alkyl halides is 3. The Kier molecular flexibility index (Phi) is 8.95. The van der Waals surface area contributed by atoms with Gasteiger partial charge in [-0.1, -0.05) is 32.4 Å². The fourth-order valence-electron chi connectivity index (χ4n) is 3.05. The molecule has 0 fully saturated rings. The summed E-state index contributed by atoms with van der Waals surface area (Å²) in [6, 6.07) is 2.81. The van der Waals surface area contributed by atoms with Gasteiger partial charge in [0.25, 0.3) is 5.09 Å². The first-order chi connectivity index (χ1) is 16.1. The van der Waals surface area contributed by atoms with Crippen LogP contribution in [0.4, 0.5) is 13.2 Å². The second-order valence-electron chi connectivity index (χ2n) is 8.62. The molecule has 0 spiro atoms. The molecule has 0 saturated carbocycles. The van der Waals surface area contributed by atoms with Crippen LogP contribution in [0.5, 0.6) is 5.75 Å². The molecule has 0 saturated heterocycles. The summed E-state index contributed by atoms with van der Waals surface area (Å²) in [5.74, 6) is -2.36. The van der Waals surface area contributed by atoms with Gasteiger partial charge in [0.15, 0.2) is 0 Å². The van der Waals surface area contributed by atoms with Crippen molar-refractivity contribution >= 4 is 29.6 Å². The molecule has 14 heteroatoms. The molecule has 1 aromatic rings. The fourth-order valence-corrected chi connectivity index (χ4v) is 3.51. The minimum atomic E-state index is -4.94. The smallest absolute Gasteiger partial charge is 0.430 e. The number of nitrogens with zero attached hydrogens (tertiary/aromatic N) is 2. The third kappa shape index (κ3) is 7.99.